The van der Waals surface area contributed by atoms with Gasteiger partial charge in [0.25, 0.3) is 0 Å². The van der Waals surface area contributed by atoms with Gasteiger partial charge in [-0.2, -0.15) is 0 Å². The van der Waals surface area contributed by atoms with Gasteiger partial charge in [-0.15, -0.1) is 0 Å². The fraction of sp³-hybridized carbons (Fsp3) is 0.261. The van der Waals surface area contributed by atoms with Crippen LogP contribution >= 0.6 is 0 Å². The van der Waals surface area contributed by atoms with Gasteiger partial charge in [0.05, 0.1) is 0 Å². The number of nitrogens with two attached hydrogens (primary N) is 1. The maximum atomic E-state index is 12.4. The zero-order valence-electron chi connectivity index (χ0n) is 17.1. The third kappa shape index (κ3) is 6.20. The number of imide groups is 1. The Bertz CT molecular complexity index is 889. The van der Waals surface area contributed by atoms with E-state index >= 15 is 0 Å². The molecule has 2 amide bonds. The summed E-state index contributed by atoms with van der Waals surface area (Å²) in [5, 5.41) is 7.55. The summed E-state index contributed by atoms with van der Waals surface area (Å²) in [7, 11) is 0. The number of carbonyl (C=O) groups excluding carboxylic acids is 4. The summed E-state index contributed by atoms with van der Waals surface area (Å²) in [6.07, 6.45) is -0.740. The highest BCUT2D eigenvalue weighted by Gasteiger charge is 2.25. The molecule has 0 aliphatic heterocycles. The van der Waals surface area contributed by atoms with Crippen molar-refractivity contribution in [3.63, 3.8) is 0 Å². The highest BCUT2D eigenvalue weighted by Crippen LogP contribution is 2.12. The third-order valence-electron chi connectivity index (χ3n) is 4.62. The number of hydrogen-bond donors (Lipinski definition) is 2. The molecule has 2 aromatic carbocycles. The number of rotatable bonds is 8. The fourth-order valence-corrected chi connectivity index (χ4v) is 2.84. The molecule has 2 aromatic rings. The molecule has 0 fully saturated rings. The maximum Gasteiger partial charge on any atom is 0.236 e. The second-order valence-electron chi connectivity index (χ2n) is 7.09. The van der Waals surface area contributed by atoms with Crippen LogP contribution in [0.3, 0.4) is 0 Å². The van der Waals surface area contributed by atoms with Gasteiger partial charge in [-0.1, -0.05) is 59.7 Å². The van der Waals surface area contributed by atoms with Crippen molar-refractivity contribution in [1.29, 1.82) is 5.41 Å². The normalized spacial score (nSPS) is 10.3. The summed E-state index contributed by atoms with van der Waals surface area (Å²) < 4.78 is 0. The molecule has 0 heterocycles. The third-order valence-corrected chi connectivity index (χ3v) is 4.62. The molecule has 0 aromatic heterocycles. The number of guanidine groups is 1. The van der Waals surface area contributed by atoms with Gasteiger partial charge < -0.3 is 5.73 Å². The Balaban J connectivity index is 1.93. The molecular formula is C23H25N3O4. The van der Waals surface area contributed by atoms with Crippen molar-refractivity contribution in [1.82, 2.24) is 4.90 Å². The minimum Gasteiger partial charge on any atom is -0.369 e. The summed E-state index contributed by atoms with van der Waals surface area (Å²) in [6, 6.07) is 13.9. The highest BCUT2D eigenvalue weighted by molar-refractivity contribution is 6.12. The zero-order chi connectivity index (χ0) is 22.3. The first-order chi connectivity index (χ1) is 14.2. The number of amides is 2. The monoisotopic (exact) mass is 407 g/mol. The molecule has 0 bridgehead atoms. The lowest BCUT2D eigenvalue weighted by Crippen LogP contribution is -2.45. The minimum absolute atomic E-state index is 0.110. The van der Waals surface area contributed by atoms with Crippen LogP contribution in [0.1, 0.15) is 57.5 Å². The number of carbonyl (C=O) groups is 4. The summed E-state index contributed by atoms with van der Waals surface area (Å²) in [5.74, 6) is -2.69. The number of aryl methyl sites for hydroxylation is 2. The van der Waals surface area contributed by atoms with Crippen LogP contribution < -0.4 is 5.73 Å². The van der Waals surface area contributed by atoms with E-state index in [4.69, 9.17) is 11.1 Å². The van der Waals surface area contributed by atoms with Gasteiger partial charge in [0.15, 0.2) is 11.6 Å². The second kappa shape index (κ2) is 10.2. The van der Waals surface area contributed by atoms with Crippen molar-refractivity contribution in [2.45, 2.75) is 39.5 Å². The minimum atomic E-state index is -0.740. The number of benzene rings is 2. The van der Waals surface area contributed by atoms with Gasteiger partial charge in [0.1, 0.15) is 0 Å². The van der Waals surface area contributed by atoms with Gasteiger partial charge in [-0.25, -0.2) is 4.90 Å². The lowest BCUT2D eigenvalue weighted by Gasteiger charge is -2.18. The van der Waals surface area contributed by atoms with Crippen molar-refractivity contribution in [2.75, 3.05) is 0 Å². The van der Waals surface area contributed by atoms with Gasteiger partial charge in [0.2, 0.25) is 17.8 Å². The van der Waals surface area contributed by atoms with Gasteiger partial charge in [-0.05, 0) is 13.8 Å². The van der Waals surface area contributed by atoms with Crippen molar-refractivity contribution >= 4 is 29.3 Å². The van der Waals surface area contributed by atoms with E-state index in [2.05, 4.69) is 0 Å². The molecule has 3 N–H and O–H groups in total. The molecule has 156 valence electrons. The lowest BCUT2D eigenvalue weighted by molar-refractivity contribution is -0.139. The number of Topliss-reactive ketones (excluding diaryl/α,β-unsaturated/α-hetero) is 2. The number of nitrogens with one attached hydrogen (secondary N) is 1. The quantitative estimate of drug-likeness (QED) is 0.395. The molecule has 30 heavy (non-hydrogen) atoms. The number of nitrogens with zero attached hydrogens (tertiary/aromatic N) is 1. The Morgan fingerprint density at radius 2 is 1.03 bits per heavy atom. The van der Waals surface area contributed by atoms with Gasteiger partial charge in [0, 0.05) is 36.8 Å². The van der Waals surface area contributed by atoms with Crippen molar-refractivity contribution < 1.29 is 19.2 Å². The molecule has 0 aliphatic carbocycles. The highest BCUT2D eigenvalue weighted by atomic mass is 16.2. The van der Waals surface area contributed by atoms with E-state index in [1.807, 2.05) is 13.8 Å². The van der Waals surface area contributed by atoms with Gasteiger partial charge >= 0.3 is 0 Å². The summed E-state index contributed by atoms with van der Waals surface area (Å²) in [6.45, 7) is 3.80. The molecule has 0 radical (unpaired) electrons. The van der Waals surface area contributed by atoms with Crippen LogP contribution in [0.2, 0.25) is 0 Å². The van der Waals surface area contributed by atoms with E-state index in [-0.39, 0.29) is 37.2 Å². The Labute approximate surface area is 175 Å². The molecule has 7 nitrogen and oxygen atoms in total. The molecule has 0 saturated heterocycles. The largest absolute Gasteiger partial charge is 0.369 e. The predicted molar refractivity (Wildman–Crippen MR) is 113 cm³/mol. The Morgan fingerprint density at radius 1 is 0.700 bits per heavy atom. The number of ketones is 2. The van der Waals surface area contributed by atoms with E-state index < -0.39 is 17.8 Å². The number of hydrogen-bond acceptors (Lipinski definition) is 5. The molecular weight excluding hydrogens is 382 g/mol. The van der Waals surface area contributed by atoms with E-state index in [9.17, 15) is 19.2 Å². The molecule has 0 atom stereocenters. The van der Waals surface area contributed by atoms with Crippen LogP contribution in [0.25, 0.3) is 0 Å². The van der Waals surface area contributed by atoms with E-state index in [1.165, 1.54) is 0 Å². The van der Waals surface area contributed by atoms with Crippen LogP contribution in [-0.2, 0) is 9.59 Å². The first-order valence-corrected chi connectivity index (χ1v) is 9.58. The Kier molecular flexibility index (Phi) is 7.75. The SMILES string of the molecule is Cc1ccc(C(=O)CCC(=O)N(C(=N)N)C(=O)CCC(=O)c2ccc(C)cc2)cc1. The zero-order valence-corrected chi connectivity index (χ0v) is 17.1. The van der Waals surface area contributed by atoms with Crippen LogP contribution in [0.5, 0.6) is 0 Å². The second-order valence-corrected chi connectivity index (χ2v) is 7.09. The van der Waals surface area contributed by atoms with E-state index in [1.54, 1.807) is 48.5 Å². The van der Waals surface area contributed by atoms with Gasteiger partial charge in [-0.3, -0.25) is 24.6 Å². The first kappa shape index (κ1) is 22.7. The summed E-state index contributed by atoms with van der Waals surface area (Å²) in [5.41, 5.74) is 8.37. The van der Waals surface area contributed by atoms with Crippen LogP contribution in [0.15, 0.2) is 48.5 Å². The summed E-state index contributed by atoms with van der Waals surface area (Å²) in [4.78, 5) is 49.8. The van der Waals surface area contributed by atoms with Crippen LogP contribution in [-0.4, -0.2) is 34.2 Å². The maximum absolute atomic E-state index is 12.4. The fourth-order valence-electron chi connectivity index (χ4n) is 2.84. The van der Waals surface area contributed by atoms with Crippen LogP contribution in [0.4, 0.5) is 0 Å². The van der Waals surface area contributed by atoms with Crippen molar-refractivity contribution in [2.24, 2.45) is 5.73 Å². The molecule has 0 unspecified atom stereocenters. The molecule has 0 saturated carbocycles. The van der Waals surface area contributed by atoms with E-state index in [0.717, 1.165) is 11.1 Å². The molecule has 7 heteroatoms. The molecule has 2 rings (SSSR count). The average Bonchev–Trinajstić information content (AvgIpc) is 2.71. The Morgan fingerprint density at radius 3 is 1.33 bits per heavy atom. The first-order valence-electron chi connectivity index (χ1n) is 9.58. The average molecular weight is 407 g/mol. The topological polar surface area (TPSA) is 121 Å². The Hall–Kier alpha value is -3.61. The predicted octanol–water partition coefficient (Wildman–Crippen LogP) is 3.18. The standard InChI is InChI=1S/C23H25N3O4/c1-15-3-7-17(8-4-15)19(27)11-13-21(29)26(23(24)25)22(30)14-12-20(28)18-9-5-16(2)6-10-18/h3-10H,11-14H2,1-2H3,(H3,24,25). The lowest BCUT2D eigenvalue weighted by atomic mass is 10.0. The smallest absolute Gasteiger partial charge is 0.236 e. The summed E-state index contributed by atoms with van der Waals surface area (Å²) >= 11 is 0. The van der Waals surface area contributed by atoms with Crippen molar-refractivity contribution in [3.8, 4) is 0 Å². The molecule has 0 aliphatic rings. The van der Waals surface area contributed by atoms with Crippen molar-refractivity contribution in [3.05, 3.63) is 70.8 Å². The van der Waals surface area contributed by atoms with E-state index in [0.29, 0.717) is 16.0 Å². The molecule has 0 spiro atoms. The van der Waals surface area contributed by atoms with Crippen LogP contribution in [0, 0.1) is 19.3 Å².